The maximum absolute atomic E-state index is 13.0. The third kappa shape index (κ3) is 3.71. The van der Waals surface area contributed by atoms with E-state index in [9.17, 15) is 4.79 Å². The van der Waals surface area contributed by atoms with Crippen LogP contribution in [0.25, 0.3) is 0 Å². The van der Waals surface area contributed by atoms with E-state index in [1.54, 1.807) is 0 Å². The van der Waals surface area contributed by atoms with Crippen molar-refractivity contribution in [2.24, 2.45) is 0 Å². The van der Waals surface area contributed by atoms with Crippen LogP contribution in [0, 0.1) is 0 Å². The van der Waals surface area contributed by atoms with Crippen molar-refractivity contribution < 1.29 is 9.53 Å². The fraction of sp³-hybridized carbons (Fsp3) is 0.474. The number of hydrogen-bond acceptors (Lipinski definition) is 4. The van der Waals surface area contributed by atoms with Gasteiger partial charge in [0.15, 0.2) is 0 Å². The number of pyridine rings is 1. The summed E-state index contributed by atoms with van der Waals surface area (Å²) in [6.07, 6.45) is 5.20. The maximum atomic E-state index is 13.0. The van der Waals surface area contributed by atoms with Gasteiger partial charge in [0.1, 0.15) is 12.4 Å². The highest BCUT2D eigenvalue weighted by Crippen LogP contribution is 2.32. The number of urea groups is 1. The van der Waals surface area contributed by atoms with Gasteiger partial charge in [-0.2, -0.15) is 0 Å². The third-order valence-corrected chi connectivity index (χ3v) is 5.35. The summed E-state index contributed by atoms with van der Waals surface area (Å²) < 4.78 is 5.69. The molecule has 1 saturated heterocycles. The van der Waals surface area contributed by atoms with E-state index in [4.69, 9.17) is 16.3 Å². The van der Waals surface area contributed by atoms with Crippen molar-refractivity contribution in [2.75, 3.05) is 39.3 Å². The number of ether oxygens (including phenoxy) is 1. The van der Waals surface area contributed by atoms with Crippen molar-refractivity contribution in [2.45, 2.75) is 19.4 Å². The molecule has 1 aromatic rings. The molecule has 0 radical (unpaired) electrons. The summed E-state index contributed by atoms with van der Waals surface area (Å²) in [6, 6.07) is 6.07. The number of hydrogen-bond donors (Lipinski definition) is 0. The summed E-state index contributed by atoms with van der Waals surface area (Å²) in [4.78, 5) is 23.6. The molecule has 2 aliphatic heterocycles. The van der Waals surface area contributed by atoms with Gasteiger partial charge in [-0.05, 0) is 31.1 Å². The molecule has 26 heavy (non-hydrogen) atoms. The van der Waals surface area contributed by atoms with E-state index in [1.807, 2.05) is 40.3 Å². The number of allylic oxidation sites excluding steroid dienone is 3. The molecule has 4 rings (SSSR count). The van der Waals surface area contributed by atoms with Crippen molar-refractivity contribution in [1.29, 1.82) is 0 Å². The average Bonchev–Trinajstić information content (AvgIpc) is 2.68. The van der Waals surface area contributed by atoms with Crippen LogP contribution in [0.15, 0.2) is 47.0 Å². The first-order valence-corrected chi connectivity index (χ1v) is 9.49. The molecule has 0 bridgehead atoms. The van der Waals surface area contributed by atoms with Gasteiger partial charge in [0.25, 0.3) is 0 Å². The number of halogens is 1. The molecule has 1 fully saturated rings. The van der Waals surface area contributed by atoms with Crippen LogP contribution >= 0.6 is 11.6 Å². The molecule has 1 aromatic heterocycles. The smallest absolute Gasteiger partial charge is 0.324 e. The molecule has 0 N–H and O–H groups in total. The van der Waals surface area contributed by atoms with Gasteiger partial charge in [-0.1, -0.05) is 17.7 Å². The molecule has 0 aromatic carbocycles. The second-order valence-corrected chi connectivity index (χ2v) is 7.25. The monoisotopic (exact) mass is 374 g/mol. The predicted octanol–water partition coefficient (Wildman–Crippen LogP) is 2.78. The molecule has 1 aliphatic carbocycles. The summed E-state index contributed by atoms with van der Waals surface area (Å²) in [5, 5.41) is 0.793. The van der Waals surface area contributed by atoms with Crippen molar-refractivity contribution in [3.05, 3.63) is 52.7 Å². The number of amides is 2. The number of carbonyl (C=O) groups is 1. The summed E-state index contributed by atoms with van der Waals surface area (Å²) in [5.74, 6) is 0.759. The highest BCUT2D eigenvalue weighted by molar-refractivity contribution is 6.29. The first kappa shape index (κ1) is 17.4. The van der Waals surface area contributed by atoms with E-state index in [0.717, 1.165) is 67.7 Å². The minimum atomic E-state index is 0.0877. The normalized spacial score (nSPS) is 21.2. The van der Waals surface area contributed by atoms with Crippen LogP contribution in [0.3, 0.4) is 0 Å². The fourth-order valence-electron chi connectivity index (χ4n) is 3.63. The third-order valence-electron chi connectivity index (χ3n) is 5.06. The highest BCUT2D eigenvalue weighted by Gasteiger charge is 2.32. The van der Waals surface area contributed by atoms with E-state index in [1.165, 1.54) is 0 Å². The lowest BCUT2D eigenvalue weighted by Crippen LogP contribution is -2.53. The number of aromatic nitrogens is 1. The van der Waals surface area contributed by atoms with Crippen molar-refractivity contribution in [3.63, 3.8) is 0 Å². The standard InChI is InChI=1S/C19H23ClN4O2/c20-15-4-5-17-18(13-15)26-12-11-24(17)19(25)23-9-7-22(8-10-23)14-16-3-1-2-6-21-16/h1-3,6,13H,4-5,7-12,14H2. The van der Waals surface area contributed by atoms with E-state index in [2.05, 4.69) is 9.88 Å². The summed E-state index contributed by atoms with van der Waals surface area (Å²) in [6.45, 7) is 5.17. The Bertz CT molecular complexity index is 726. The Morgan fingerprint density at radius 3 is 2.77 bits per heavy atom. The fourth-order valence-corrected chi connectivity index (χ4v) is 3.83. The lowest BCUT2D eigenvalue weighted by Gasteiger charge is -2.40. The highest BCUT2D eigenvalue weighted by atomic mass is 35.5. The van der Waals surface area contributed by atoms with Gasteiger partial charge in [0.05, 0.1) is 17.9 Å². The van der Waals surface area contributed by atoms with Crippen LogP contribution < -0.4 is 0 Å². The van der Waals surface area contributed by atoms with Crippen LogP contribution in [0.5, 0.6) is 0 Å². The van der Waals surface area contributed by atoms with Gasteiger partial charge in [-0.15, -0.1) is 0 Å². The minimum Gasteiger partial charge on any atom is -0.490 e. The lowest BCUT2D eigenvalue weighted by atomic mass is 10.1. The van der Waals surface area contributed by atoms with E-state index >= 15 is 0 Å². The molecule has 138 valence electrons. The Kier molecular flexibility index (Phi) is 5.13. The van der Waals surface area contributed by atoms with E-state index in [0.29, 0.717) is 13.2 Å². The zero-order chi connectivity index (χ0) is 17.9. The Hall–Kier alpha value is -2.05. The molecule has 0 unspecified atom stereocenters. The Morgan fingerprint density at radius 2 is 2.00 bits per heavy atom. The molecule has 0 saturated carbocycles. The predicted molar refractivity (Wildman–Crippen MR) is 99.3 cm³/mol. The Morgan fingerprint density at radius 1 is 1.15 bits per heavy atom. The van der Waals surface area contributed by atoms with Gasteiger partial charge in [-0.3, -0.25) is 14.8 Å². The first-order valence-electron chi connectivity index (χ1n) is 9.11. The van der Waals surface area contributed by atoms with Crippen molar-refractivity contribution >= 4 is 17.6 Å². The molecule has 3 heterocycles. The van der Waals surface area contributed by atoms with Crippen LogP contribution in [0.4, 0.5) is 4.79 Å². The Balaban J connectivity index is 1.37. The van der Waals surface area contributed by atoms with Gasteiger partial charge >= 0.3 is 6.03 Å². The average molecular weight is 375 g/mol. The molecule has 2 amide bonds. The van der Waals surface area contributed by atoms with Crippen LogP contribution in [-0.2, 0) is 11.3 Å². The second-order valence-electron chi connectivity index (χ2n) is 6.77. The van der Waals surface area contributed by atoms with Crippen molar-refractivity contribution in [3.8, 4) is 0 Å². The number of rotatable bonds is 2. The molecule has 3 aliphatic rings. The topological polar surface area (TPSA) is 48.9 Å². The first-order chi connectivity index (χ1) is 12.7. The second kappa shape index (κ2) is 7.68. The number of nitrogens with zero attached hydrogens (tertiary/aromatic N) is 4. The molecular formula is C19H23ClN4O2. The van der Waals surface area contributed by atoms with Gasteiger partial charge < -0.3 is 9.64 Å². The van der Waals surface area contributed by atoms with Gasteiger partial charge in [0.2, 0.25) is 0 Å². The molecule has 6 nitrogen and oxygen atoms in total. The quantitative estimate of drug-likeness (QED) is 0.798. The Labute approximate surface area is 158 Å². The number of piperazine rings is 1. The summed E-state index contributed by atoms with van der Waals surface area (Å²) >= 11 is 6.12. The zero-order valence-corrected chi connectivity index (χ0v) is 15.5. The van der Waals surface area contributed by atoms with Gasteiger partial charge in [0, 0.05) is 44.0 Å². The molecule has 0 atom stereocenters. The lowest BCUT2D eigenvalue weighted by molar-refractivity contribution is 0.0931. The van der Waals surface area contributed by atoms with Gasteiger partial charge in [-0.25, -0.2) is 4.79 Å². The van der Waals surface area contributed by atoms with Crippen LogP contribution in [-0.4, -0.2) is 65.0 Å². The minimum absolute atomic E-state index is 0.0877. The van der Waals surface area contributed by atoms with Crippen LogP contribution in [0.1, 0.15) is 18.5 Å². The molecule has 7 heteroatoms. The SMILES string of the molecule is O=C(N1CCN(Cc2ccccn2)CC1)N1CCOC2=C1CCC(Cl)=C2. The maximum Gasteiger partial charge on any atom is 0.324 e. The number of carbonyl (C=O) groups excluding carboxylic acids is 1. The van der Waals surface area contributed by atoms with Crippen LogP contribution in [0.2, 0.25) is 0 Å². The molecule has 0 spiro atoms. The summed E-state index contributed by atoms with van der Waals surface area (Å²) in [7, 11) is 0. The van der Waals surface area contributed by atoms with E-state index in [-0.39, 0.29) is 6.03 Å². The largest absolute Gasteiger partial charge is 0.490 e. The zero-order valence-electron chi connectivity index (χ0n) is 14.7. The molecular weight excluding hydrogens is 352 g/mol. The van der Waals surface area contributed by atoms with Crippen molar-refractivity contribution in [1.82, 2.24) is 19.7 Å². The van der Waals surface area contributed by atoms with E-state index < -0.39 is 0 Å². The summed E-state index contributed by atoms with van der Waals surface area (Å²) in [5.41, 5.74) is 2.04.